The fraction of sp³-hybridized carbons (Fsp3) is 0.375. The van der Waals surface area contributed by atoms with Crippen LogP contribution in [0.3, 0.4) is 0 Å². The first-order chi connectivity index (χ1) is 19.5. The average Bonchev–Trinajstić information content (AvgIpc) is 3.43. The molecule has 3 aliphatic rings. The Hall–Kier alpha value is -3.65. The van der Waals surface area contributed by atoms with Crippen molar-refractivity contribution in [2.24, 2.45) is 10.9 Å². The number of ketones is 1. The number of ether oxygens (including phenoxy) is 1. The van der Waals surface area contributed by atoms with Crippen molar-refractivity contribution in [3.05, 3.63) is 88.1 Å². The van der Waals surface area contributed by atoms with Crippen LogP contribution >= 0.6 is 11.8 Å². The van der Waals surface area contributed by atoms with Gasteiger partial charge >= 0.3 is 0 Å². The second kappa shape index (κ2) is 13.6. The van der Waals surface area contributed by atoms with E-state index in [9.17, 15) is 14.4 Å². The molecule has 2 N–H and O–H groups in total. The summed E-state index contributed by atoms with van der Waals surface area (Å²) in [7, 11) is 0. The number of nitrogens with zero attached hydrogens (tertiary/aromatic N) is 1. The molecule has 7 nitrogen and oxygen atoms in total. The van der Waals surface area contributed by atoms with Gasteiger partial charge in [-0.1, -0.05) is 42.5 Å². The predicted molar refractivity (Wildman–Crippen MR) is 159 cm³/mol. The molecule has 2 aromatic carbocycles. The molecule has 0 saturated carbocycles. The van der Waals surface area contributed by atoms with Crippen molar-refractivity contribution in [3.8, 4) is 5.75 Å². The van der Waals surface area contributed by atoms with Crippen molar-refractivity contribution in [3.63, 3.8) is 0 Å². The van der Waals surface area contributed by atoms with Gasteiger partial charge in [0, 0.05) is 43.3 Å². The molecular weight excluding hydrogens is 522 g/mol. The highest BCUT2D eigenvalue weighted by Crippen LogP contribution is 2.27. The molecule has 40 heavy (non-hydrogen) atoms. The summed E-state index contributed by atoms with van der Waals surface area (Å²) >= 11 is 1.97. The second-order valence-electron chi connectivity index (χ2n) is 10.4. The van der Waals surface area contributed by atoms with Crippen LogP contribution in [0.2, 0.25) is 0 Å². The lowest BCUT2D eigenvalue weighted by atomic mass is 9.93. The van der Waals surface area contributed by atoms with Gasteiger partial charge in [-0.05, 0) is 71.9 Å². The molecule has 5 rings (SSSR count). The molecule has 0 radical (unpaired) electrons. The summed E-state index contributed by atoms with van der Waals surface area (Å²) in [6, 6.07) is 13.4. The summed E-state index contributed by atoms with van der Waals surface area (Å²) in [5.41, 5.74) is 4.38. The van der Waals surface area contributed by atoms with E-state index in [0.717, 1.165) is 58.8 Å². The fourth-order valence-electron chi connectivity index (χ4n) is 5.05. The Kier molecular flexibility index (Phi) is 9.50. The van der Waals surface area contributed by atoms with E-state index in [1.165, 1.54) is 0 Å². The van der Waals surface area contributed by atoms with Crippen LogP contribution in [0.5, 0.6) is 5.75 Å². The maximum Gasteiger partial charge on any atom is 0.270 e. The number of Topliss-reactive ketones (excluding diaryl/α,β-unsaturated/α-hetero) is 1. The molecule has 2 amide bonds. The minimum atomic E-state index is -0.333. The molecule has 3 heterocycles. The number of fused-ring (bicyclic) bond motifs is 1. The number of amides is 2. The molecule has 0 unspecified atom stereocenters. The number of carbonyl (C=O) groups is 3. The smallest absolute Gasteiger partial charge is 0.270 e. The molecular formula is C32H35N3O4S. The maximum atomic E-state index is 13.0. The Labute approximate surface area is 239 Å². The van der Waals surface area contributed by atoms with Crippen LogP contribution in [0, 0.1) is 5.92 Å². The van der Waals surface area contributed by atoms with Crippen molar-refractivity contribution in [2.45, 2.75) is 51.6 Å². The monoisotopic (exact) mass is 557 g/mol. The van der Waals surface area contributed by atoms with E-state index in [2.05, 4.69) is 21.7 Å². The van der Waals surface area contributed by atoms with Crippen molar-refractivity contribution < 1.29 is 19.1 Å². The van der Waals surface area contributed by atoms with Crippen LogP contribution in [0.15, 0.2) is 70.9 Å². The van der Waals surface area contributed by atoms with E-state index in [1.807, 2.05) is 54.2 Å². The molecule has 208 valence electrons. The summed E-state index contributed by atoms with van der Waals surface area (Å²) in [5, 5.41) is 5.85. The minimum absolute atomic E-state index is 0.189. The Bertz CT molecular complexity index is 1340. The normalized spacial score (nSPS) is 19.6. The van der Waals surface area contributed by atoms with E-state index in [4.69, 9.17) is 4.74 Å². The van der Waals surface area contributed by atoms with Gasteiger partial charge in [0.15, 0.2) is 5.78 Å². The molecule has 8 heteroatoms. The Balaban J connectivity index is 1.15. The zero-order valence-electron chi connectivity index (χ0n) is 22.6. The Morgan fingerprint density at radius 3 is 2.50 bits per heavy atom. The van der Waals surface area contributed by atoms with E-state index in [1.54, 1.807) is 12.3 Å². The summed E-state index contributed by atoms with van der Waals surface area (Å²) in [6.07, 6.45) is 10.1. The molecule has 0 aromatic heterocycles. The predicted octanol–water partition coefficient (Wildman–Crippen LogP) is 4.95. The van der Waals surface area contributed by atoms with Gasteiger partial charge in [0.2, 0.25) is 0 Å². The van der Waals surface area contributed by atoms with E-state index < -0.39 is 0 Å². The largest absolute Gasteiger partial charge is 0.493 e. The lowest BCUT2D eigenvalue weighted by Gasteiger charge is -2.20. The molecule has 2 aromatic rings. The number of thioether (sulfide) groups is 1. The minimum Gasteiger partial charge on any atom is -0.493 e. The van der Waals surface area contributed by atoms with Crippen molar-refractivity contribution >= 4 is 35.6 Å². The van der Waals surface area contributed by atoms with Crippen molar-refractivity contribution in [1.82, 2.24) is 10.6 Å². The van der Waals surface area contributed by atoms with Crippen molar-refractivity contribution in [1.29, 1.82) is 0 Å². The zero-order valence-corrected chi connectivity index (χ0v) is 23.4. The van der Waals surface area contributed by atoms with Gasteiger partial charge in [0.1, 0.15) is 11.4 Å². The second-order valence-corrected chi connectivity index (χ2v) is 11.6. The highest BCUT2D eigenvalue weighted by molar-refractivity contribution is 7.99. The number of carbonyl (C=O) groups excluding carboxylic acids is 3. The first kappa shape index (κ1) is 27.9. The highest BCUT2D eigenvalue weighted by atomic mass is 32.2. The van der Waals surface area contributed by atoms with Gasteiger partial charge < -0.3 is 15.4 Å². The third-order valence-electron chi connectivity index (χ3n) is 7.43. The first-order valence-electron chi connectivity index (χ1n) is 14.0. The number of hydrogen-bond donors (Lipinski definition) is 2. The highest BCUT2D eigenvalue weighted by Gasteiger charge is 2.19. The summed E-state index contributed by atoms with van der Waals surface area (Å²) in [6.45, 7) is 1.38. The molecule has 1 fully saturated rings. The third kappa shape index (κ3) is 7.50. The molecule has 3 aliphatic heterocycles. The van der Waals surface area contributed by atoms with Crippen LogP contribution in [0.25, 0.3) is 0 Å². The van der Waals surface area contributed by atoms with E-state index >= 15 is 0 Å². The quantitative estimate of drug-likeness (QED) is 0.426. The fourth-order valence-corrected chi connectivity index (χ4v) is 6.25. The van der Waals surface area contributed by atoms with E-state index in [0.29, 0.717) is 50.4 Å². The van der Waals surface area contributed by atoms with E-state index in [-0.39, 0.29) is 23.3 Å². The van der Waals surface area contributed by atoms with Gasteiger partial charge in [-0.2, -0.15) is 11.8 Å². The number of nitrogens with one attached hydrogen (secondary N) is 2. The topological polar surface area (TPSA) is 96.9 Å². The summed E-state index contributed by atoms with van der Waals surface area (Å²) < 4.78 is 5.55. The van der Waals surface area contributed by atoms with Gasteiger partial charge in [-0.15, -0.1) is 0 Å². The SMILES string of the molecule is O=C(NCc1ccc2c(c1)CCO2)/C1=C/C(C(=O)NCc2ccc(C(=O)CC3CCSCC3)cc2)=C\CCC=N1. The van der Waals surface area contributed by atoms with Crippen molar-refractivity contribution in [2.75, 3.05) is 18.1 Å². The summed E-state index contributed by atoms with van der Waals surface area (Å²) in [5.74, 6) is 3.27. The van der Waals surface area contributed by atoms with Crippen LogP contribution in [0.4, 0.5) is 0 Å². The Morgan fingerprint density at radius 1 is 0.925 bits per heavy atom. The van der Waals surface area contributed by atoms with Gasteiger partial charge in [0.05, 0.1) is 6.61 Å². The van der Waals surface area contributed by atoms with Gasteiger partial charge in [-0.3, -0.25) is 19.4 Å². The molecule has 1 saturated heterocycles. The molecule has 0 spiro atoms. The number of hydrogen-bond acceptors (Lipinski definition) is 6. The average molecular weight is 558 g/mol. The van der Waals surface area contributed by atoms with Crippen LogP contribution in [-0.4, -0.2) is 41.9 Å². The van der Waals surface area contributed by atoms with Crippen LogP contribution in [-0.2, 0) is 29.1 Å². The number of allylic oxidation sites excluding steroid dienone is 1. The number of benzene rings is 2. The zero-order chi connectivity index (χ0) is 27.7. The lowest BCUT2D eigenvalue weighted by Crippen LogP contribution is -2.27. The molecule has 0 bridgehead atoms. The van der Waals surface area contributed by atoms with Gasteiger partial charge in [-0.25, -0.2) is 0 Å². The van der Waals surface area contributed by atoms with Crippen LogP contribution in [0.1, 0.15) is 59.2 Å². The molecule has 0 aliphatic carbocycles. The number of rotatable bonds is 9. The third-order valence-corrected chi connectivity index (χ3v) is 8.48. The lowest BCUT2D eigenvalue weighted by molar-refractivity contribution is -0.117. The van der Waals surface area contributed by atoms with Gasteiger partial charge in [0.25, 0.3) is 11.8 Å². The van der Waals surface area contributed by atoms with Crippen LogP contribution < -0.4 is 15.4 Å². The standard InChI is InChI=1S/C32H35N3O4S/c36-29(18-22-11-15-40-16-12-22)25-7-4-23(5-8-25)20-34-31(37)27-3-1-2-13-33-28(19-27)32(38)35-21-24-6-9-30-26(17-24)10-14-39-30/h3-9,13,17,19,22H,1-2,10-12,14-16,18,20-21H2,(H,34,37)(H,35,38)/b27-3+,28-19-,33-13?. The Morgan fingerprint density at radius 2 is 1.68 bits per heavy atom. The molecule has 0 atom stereocenters. The number of aliphatic imine (C=N–C) groups is 1. The first-order valence-corrected chi connectivity index (χ1v) is 15.2. The maximum absolute atomic E-state index is 13.0. The summed E-state index contributed by atoms with van der Waals surface area (Å²) in [4.78, 5) is 42.9.